The minimum absolute atomic E-state index is 0.718. The lowest BCUT2D eigenvalue weighted by molar-refractivity contribution is 1.27. The van der Waals surface area contributed by atoms with Gasteiger partial charge in [-0.15, -0.1) is 11.3 Å². The second-order valence-electron chi connectivity index (χ2n) is 6.30. The van der Waals surface area contributed by atoms with Crippen molar-refractivity contribution in [1.29, 1.82) is 0 Å². The molecular formula is C23H18ClN3S. The molecule has 0 spiro atoms. The van der Waals surface area contributed by atoms with Crippen LogP contribution in [0.3, 0.4) is 0 Å². The highest BCUT2D eigenvalue weighted by Crippen LogP contribution is 2.26. The van der Waals surface area contributed by atoms with Crippen LogP contribution in [-0.2, 0) is 0 Å². The summed E-state index contributed by atoms with van der Waals surface area (Å²) in [6.07, 6.45) is 0. The molecule has 0 amide bonds. The van der Waals surface area contributed by atoms with Gasteiger partial charge in [0, 0.05) is 16.0 Å². The van der Waals surface area contributed by atoms with Crippen LogP contribution >= 0.6 is 22.9 Å². The third-order valence-electron chi connectivity index (χ3n) is 4.37. The summed E-state index contributed by atoms with van der Waals surface area (Å²) in [5.74, 6) is 0. The van der Waals surface area contributed by atoms with E-state index in [-0.39, 0.29) is 0 Å². The van der Waals surface area contributed by atoms with Gasteiger partial charge in [-0.05, 0) is 35.7 Å². The molecule has 0 atom stereocenters. The maximum absolute atomic E-state index is 5.94. The van der Waals surface area contributed by atoms with E-state index in [0.29, 0.717) is 0 Å². The Kier molecular flexibility index (Phi) is 5.51. The van der Waals surface area contributed by atoms with Crippen molar-refractivity contribution in [3.63, 3.8) is 0 Å². The normalized spacial score (nSPS) is 11.4. The summed E-state index contributed by atoms with van der Waals surface area (Å²) in [6, 6.07) is 26.4. The summed E-state index contributed by atoms with van der Waals surface area (Å²) in [5.41, 5.74) is 9.38. The zero-order valence-electron chi connectivity index (χ0n) is 15.3. The van der Waals surface area contributed by atoms with Crippen LogP contribution < -0.4 is 5.43 Å². The van der Waals surface area contributed by atoms with Gasteiger partial charge in [0.05, 0.1) is 11.4 Å². The smallest absolute Gasteiger partial charge is 0.203 e. The monoisotopic (exact) mass is 403 g/mol. The molecule has 0 saturated heterocycles. The van der Waals surface area contributed by atoms with E-state index in [1.165, 1.54) is 22.5 Å². The Morgan fingerprint density at radius 3 is 2.21 bits per heavy atom. The zero-order chi connectivity index (χ0) is 19.3. The second kappa shape index (κ2) is 8.38. The van der Waals surface area contributed by atoms with Crippen molar-refractivity contribution in [2.45, 2.75) is 6.92 Å². The number of nitrogens with one attached hydrogen (secondary N) is 1. The Labute approximate surface area is 173 Å². The molecule has 0 aliphatic heterocycles. The number of nitrogens with zero attached hydrogens (tertiary/aromatic N) is 2. The van der Waals surface area contributed by atoms with Crippen LogP contribution in [-0.4, -0.2) is 10.7 Å². The van der Waals surface area contributed by atoms with Gasteiger partial charge in [0.25, 0.3) is 0 Å². The molecule has 4 aromatic rings. The van der Waals surface area contributed by atoms with E-state index in [1.807, 2.05) is 54.8 Å². The van der Waals surface area contributed by atoms with Gasteiger partial charge in [-0.3, -0.25) is 5.43 Å². The molecule has 0 fully saturated rings. The van der Waals surface area contributed by atoms with E-state index in [9.17, 15) is 0 Å². The van der Waals surface area contributed by atoms with Crippen LogP contribution in [0.25, 0.3) is 22.4 Å². The lowest BCUT2D eigenvalue weighted by Gasteiger charge is -2.05. The summed E-state index contributed by atoms with van der Waals surface area (Å²) in [4.78, 5) is 4.59. The van der Waals surface area contributed by atoms with Crippen molar-refractivity contribution in [3.05, 3.63) is 94.8 Å². The summed E-state index contributed by atoms with van der Waals surface area (Å²) >= 11 is 7.47. The van der Waals surface area contributed by atoms with Crippen molar-refractivity contribution in [2.24, 2.45) is 5.10 Å². The first kappa shape index (κ1) is 18.4. The summed E-state index contributed by atoms with van der Waals surface area (Å²) in [7, 11) is 0. The number of hydrogen-bond acceptors (Lipinski definition) is 4. The molecular weight excluding hydrogens is 386 g/mol. The minimum Gasteiger partial charge on any atom is -0.252 e. The summed E-state index contributed by atoms with van der Waals surface area (Å²) in [5, 5.41) is 7.96. The molecule has 0 aliphatic carbocycles. The van der Waals surface area contributed by atoms with Crippen molar-refractivity contribution in [1.82, 2.24) is 4.98 Å². The first-order valence-corrected chi connectivity index (χ1v) is 10.1. The van der Waals surface area contributed by atoms with Crippen molar-refractivity contribution in [3.8, 4) is 22.4 Å². The van der Waals surface area contributed by atoms with Crippen LogP contribution in [0.4, 0.5) is 5.13 Å². The maximum Gasteiger partial charge on any atom is 0.203 e. The minimum atomic E-state index is 0.718. The molecule has 1 heterocycles. The third-order valence-corrected chi connectivity index (χ3v) is 5.37. The van der Waals surface area contributed by atoms with Crippen molar-refractivity contribution in [2.75, 3.05) is 5.43 Å². The second-order valence-corrected chi connectivity index (χ2v) is 7.59. The highest BCUT2D eigenvalue weighted by molar-refractivity contribution is 7.14. The van der Waals surface area contributed by atoms with E-state index in [1.54, 1.807) is 0 Å². The summed E-state index contributed by atoms with van der Waals surface area (Å²) < 4.78 is 0. The van der Waals surface area contributed by atoms with Gasteiger partial charge in [-0.25, -0.2) is 4.98 Å². The molecule has 0 unspecified atom stereocenters. The number of aromatic nitrogens is 1. The van der Waals surface area contributed by atoms with Crippen LogP contribution in [0.5, 0.6) is 0 Å². The highest BCUT2D eigenvalue weighted by atomic mass is 35.5. The average Bonchev–Trinajstić information content (AvgIpc) is 3.22. The third kappa shape index (κ3) is 4.30. The molecule has 0 radical (unpaired) electrons. The summed E-state index contributed by atoms with van der Waals surface area (Å²) in [6.45, 7) is 1.98. The number of thiazole rings is 1. The fraction of sp³-hybridized carbons (Fsp3) is 0.0435. The van der Waals surface area contributed by atoms with Gasteiger partial charge in [0.2, 0.25) is 5.13 Å². The van der Waals surface area contributed by atoms with Gasteiger partial charge in [0.15, 0.2) is 0 Å². The molecule has 5 heteroatoms. The van der Waals surface area contributed by atoms with E-state index in [4.69, 9.17) is 11.6 Å². The van der Waals surface area contributed by atoms with Crippen molar-refractivity contribution >= 4 is 33.8 Å². The van der Waals surface area contributed by atoms with Crippen LogP contribution in [0.1, 0.15) is 12.5 Å². The largest absolute Gasteiger partial charge is 0.252 e. The first-order chi connectivity index (χ1) is 13.7. The maximum atomic E-state index is 5.94. The van der Waals surface area contributed by atoms with E-state index < -0.39 is 0 Å². The number of anilines is 1. The highest BCUT2D eigenvalue weighted by Gasteiger charge is 2.05. The molecule has 0 aliphatic rings. The molecule has 1 N–H and O–H groups in total. The van der Waals surface area contributed by atoms with Gasteiger partial charge >= 0.3 is 0 Å². The Morgan fingerprint density at radius 1 is 0.857 bits per heavy atom. The molecule has 4 rings (SSSR count). The average molecular weight is 404 g/mol. The fourth-order valence-corrected chi connectivity index (χ4v) is 3.60. The van der Waals surface area contributed by atoms with Crippen molar-refractivity contribution < 1.29 is 0 Å². The Morgan fingerprint density at radius 2 is 1.50 bits per heavy atom. The van der Waals surface area contributed by atoms with Crippen LogP contribution in [0.2, 0.25) is 5.02 Å². The SMILES string of the molecule is C/C(=N/Nc1nc(-c2ccc(Cl)cc2)cs1)c1ccc(-c2ccccc2)cc1. The predicted molar refractivity (Wildman–Crippen MR) is 120 cm³/mol. The van der Waals surface area contributed by atoms with Gasteiger partial charge in [-0.2, -0.15) is 5.10 Å². The van der Waals surface area contributed by atoms with Crippen LogP contribution in [0.15, 0.2) is 89.3 Å². The first-order valence-electron chi connectivity index (χ1n) is 8.87. The van der Waals surface area contributed by atoms with E-state index in [0.717, 1.165) is 32.7 Å². The standard InChI is InChI=1S/C23H18ClN3S/c1-16(17-7-9-19(10-8-17)18-5-3-2-4-6-18)26-27-23-25-22(15-28-23)20-11-13-21(24)14-12-20/h2-15H,1H3,(H,25,27)/b26-16-. The van der Waals surface area contributed by atoms with E-state index >= 15 is 0 Å². The molecule has 1 aromatic heterocycles. The number of hydrogen-bond donors (Lipinski definition) is 1. The number of hydrazone groups is 1. The number of benzene rings is 3. The fourth-order valence-electron chi connectivity index (χ4n) is 2.81. The molecule has 3 nitrogen and oxygen atoms in total. The Hall–Kier alpha value is -2.95. The quantitative estimate of drug-likeness (QED) is 0.288. The molecule has 3 aromatic carbocycles. The number of rotatable bonds is 5. The lowest BCUT2D eigenvalue weighted by Crippen LogP contribution is -1.99. The van der Waals surface area contributed by atoms with Gasteiger partial charge in [0.1, 0.15) is 0 Å². The topological polar surface area (TPSA) is 37.3 Å². The predicted octanol–water partition coefficient (Wildman–Crippen LogP) is 6.97. The molecule has 138 valence electrons. The Balaban J connectivity index is 1.45. The molecule has 0 bridgehead atoms. The van der Waals surface area contributed by atoms with E-state index in [2.05, 4.69) is 51.9 Å². The zero-order valence-corrected chi connectivity index (χ0v) is 16.8. The molecule has 28 heavy (non-hydrogen) atoms. The lowest BCUT2D eigenvalue weighted by atomic mass is 10.0. The van der Waals surface area contributed by atoms with Crippen LogP contribution in [0, 0.1) is 0 Å². The van der Waals surface area contributed by atoms with Gasteiger partial charge in [-0.1, -0.05) is 78.3 Å². The number of halogens is 1. The Bertz CT molecular complexity index is 1080. The molecule has 0 saturated carbocycles. The van der Waals surface area contributed by atoms with Gasteiger partial charge < -0.3 is 0 Å².